The van der Waals surface area contributed by atoms with Crippen molar-refractivity contribution in [1.82, 2.24) is 9.97 Å². The summed E-state index contributed by atoms with van der Waals surface area (Å²) >= 11 is 9.11. The normalized spacial score (nSPS) is 10.4. The Bertz CT molecular complexity index is 577. The highest BCUT2D eigenvalue weighted by Gasteiger charge is 2.07. The molecule has 0 aliphatic carbocycles. The summed E-state index contributed by atoms with van der Waals surface area (Å²) in [4.78, 5) is 7.71. The van der Waals surface area contributed by atoms with Gasteiger partial charge < -0.3 is 11.1 Å². The lowest BCUT2D eigenvalue weighted by atomic mass is 10.2. The van der Waals surface area contributed by atoms with Gasteiger partial charge in [0.1, 0.15) is 17.8 Å². The quantitative estimate of drug-likeness (QED) is 0.848. The van der Waals surface area contributed by atoms with Gasteiger partial charge in [0, 0.05) is 11.0 Å². The van der Waals surface area contributed by atoms with Gasteiger partial charge in [0.25, 0.3) is 0 Å². The Balaban J connectivity index is 2.16. The number of halogens is 3. The molecular weight excluding hydrogens is 323 g/mol. The Morgan fingerprint density at radius 2 is 2.17 bits per heavy atom. The lowest BCUT2D eigenvalue weighted by molar-refractivity contribution is 0.625. The van der Waals surface area contributed by atoms with Gasteiger partial charge in [-0.3, -0.25) is 0 Å². The van der Waals surface area contributed by atoms with Crippen molar-refractivity contribution < 1.29 is 4.39 Å². The predicted molar refractivity (Wildman–Crippen MR) is 72.9 cm³/mol. The van der Waals surface area contributed by atoms with Crippen molar-refractivity contribution in [2.24, 2.45) is 0 Å². The molecule has 1 heterocycles. The molecule has 94 valence electrons. The molecular formula is C11H9BrClFN4. The van der Waals surface area contributed by atoms with E-state index in [4.69, 9.17) is 17.3 Å². The van der Waals surface area contributed by atoms with E-state index >= 15 is 0 Å². The van der Waals surface area contributed by atoms with Gasteiger partial charge in [0.05, 0.1) is 0 Å². The minimum absolute atomic E-state index is 0.186. The van der Waals surface area contributed by atoms with Crippen molar-refractivity contribution in [3.63, 3.8) is 0 Å². The van der Waals surface area contributed by atoms with E-state index in [1.807, 2.05) is 0 Å². The topological polar surface area (TPSA) is 63.8 Å². The fraction of sp³-hybridized carbons (Fsp3) is 0.0909. The van der Waals surface area contributed by atoms with Gasteiger partial charge in [0.15, 0.2) is 11.0 Å². The van der Waals surface area contributed by atoms with Crippen LogP contribution in [-0.2, 0) is 6.54 Å². The van der Waals surface area contributed by atoms with E-state index in [1.54, 1.807) is 6.07 Å². The summed E-state index contributed by atoms with van der Waals surface area (Å²) in [6.07, 6.45) is 1.31. The highest BCUT2D eigenvalue weighted by Crippen LogP contribution is 2.24. The van der Waals surface area contributed by atoms with E-state index in [1.165, 1.54) is 18.5 Å². The summed E-state index contributed by atoms with van der Waals surface area (Å²) in [7, 11) is 0. The second-order valence-electron chi connectivity index (χ2n) is 3.52. The van der Waals surface area contributed by atoms with Gasteiger partial charge >= 0.3 is 0 Å². The molecule has 1 aromatic heterocycles. The van der Waals surface area contributed by atoms with Crippen LogP contribution in [0.3, 0.4) is 0 Å². The summed E-state index contributed by atoms with van der Waals surface area (Å²) in [5.41, 5.74) is 6.73. The van der Waals surface area contributed by atoms with Crippen LogP contribution in [-0.4, -0.2) is 9.97 Å². The first-order valence-corrected chi connectivity index (χ1v) is 6.19. The Labute approximate surface area is 117 Å². The summed E-state index contributed by atoms with van der Waals surface area (Å²) in [6.45, 7) is 0.371. The molecule has 0 saturated heterocycles. The van der Waals surface area contributed by atoms with Gasteiger partial charge in [-0.1, -0.05) is 27.5 Å². The fourth-order valence-electron chi connectivity index (χ4n) is 1.37. The number of nitrogen functional groups attached to an aromatic ring is 1. The number of nitrogens with one attached hydrogen (secondary N) is 1. The van der Waals surface area contributed by atoms with Crippen molar-refractivity contribution >= 4 is 39.0 Å². The Morgan fingerprint density at radius 1 is 1.39 bits per heavy atom. The van der Waals surface area contributed by atoms with Crippen LogP contribution in [0.1, 0.15) is 5.56 Å². The lowest BCUT2D eigenvalue weighted by Gasteiger charge is -2.09. The number of nitrogens with zero attached hydrogens (tertiary/aromatic N) is 2. The SMILES string of the molecule is Nc1c(Cl)ncnc1NCc1cc(F)ccc1Br. The standard InChI is InChI=1S/C11H9BrClFN4/c12-8-2-1-7(14)3-6(8)4-16-11-9(15)10(13)17-5-18-11/h1-3,5H,4,15H2,(H,16,17,18). The molecule has 2 aromatic rings. The second kappa shape index (κ2) is 5.49. The minimum atomic E-state index is -0.302. The Morgan fingerprint density at radius 3 is 2.94 bits per heavy atom. The third-order valence-corrected chi connectivity index (χ3v) is 3.36. The summed E-state index contributed by atoms with van der Waals surface area (Å²) in [6, 6.07) is 4.45. The average Bonchev–Trinajstić information content (AvgIpc) is 2.35. The summed E-state index contributed by atoms with van der Waals surface area (Å²) in [5.74, 6) is 0.120. The van der Waals surface area contributed by atoms with Crippen LogP contribution in [0.5, 0.6) is 0 Å². The number of rotatable bonds is 3. The van der Waals surface area contributed by atoms with Crippen LogP contribution in [0, 0.1) is 5.82 Å². The first kappa shape index (κ1) is 13.0. The van der Waals surface area contributed by atoms with Crippen LogP contribution in [0.25, 0.3) is 0 Å². The lowest BCUT2D eigenvalue weighted by Crippen LogP contribution is -2.06. The molecule has 0 spiro atoms. The van der Waals surface area contributed by atoms with E-state index in [9.17, 15) is 4.39 Å². The number of anilines is 2. The molecule has 0 amide bonds. The molecule has 7 heteroatoms. The van der Waals surface area contributed by atoms with Gasteiger partial charge in [0.2, 0.25) is 0 Å². The molecule has 0 fully saturated rings. The van der Waals surface area contributed by atoms with Crippen molar-refractivity contribution in [3.8, 4) is 0 Å². The molecule has 0 radical (unpaired) electrons. The third-order valence-electron chi connectivity index (χ3n) is 2.29. The van der Waals surface area contributed by atoms with Gasteiger partial charge in [-0.15, -0.1) is 0 Å². The number of nitrogens with two attached hydrogens (primary N) is 1. The molecule has 0 saturated carbocycles. The zero-order valence-electron chi connectivity index (χ0n) is 9.12. The van der Waals surface area contributed by atoms with E-state index < -0.39 is 0 Å². The molecule has 4 nitrogen and oxygen atoms in total. The van der Waals surface area contributed by atoms with E-state index in [2.05, 4.69) is 31.2 Å². The number of aromatic nitrogens is 2. The number of benzene rings is 1. The van der Waals surface area contributed by atoms with Crippen LogP contribution >= 0.6 is 27.5 Å². The van der Waals surface area contributed by atoms with E-state index in [0.29, 0.717) is 12.4 Å². The van der Waals surface area contributed by atoms with E-state index in [0.717, 1.165) is 10.0 Å². The first-order valence-electron chi connectivity index (χ1n) is 5.01. The maximum atomic E-state index is 13.1. The number of hydrogen-bond acceptors (Lipinski definition) is 4. The van der Waals surface area contributed by atoms with Crippen molar-refractivity contribution in [1.29, 1.82) is 0 Å². The van der Waals surface area contributed by atoms with Crippen molar-refractivity contribution in [2.45, 2.75) is 6.54 Å². The zero-order chi connectivity index (χ0) is 13.1. The smallest absolute Gasteiger partial charge is 0.157 e. The van der Waals surface area contributed by atoms with Crippen LogP contribution in [0.4, 0.5) is 15.9 Å². The molecule has 0 bridgehead atoms. The first-order chi connectivity index (χ1) is 8.58. The molecule has 0 aliphatic heterocycles. The van der Waals surface area contributed by atoms with Crippen LogP contribution < -0.4 is 11.1 Å². The molecule has 1 aromatic carbocycles. The van der Waals surface area contributed by atoms with Crippen LogP contribution in [0.15, 0.2) is 29.0 Å². The van der Waals surface area contributed by atoms with Gasteiger partial charge in [-0.05, 0) is 23.8 Å². The summed E-state index contributed by atoms with van der Waals surface area (Å²) in [5, 5.41) is 3.17. The van der Waals surface area contributed by atoms with E-state index in [-0.39, 0.29) is 16.7 Å². The largest absolute Gasteiger partial charge is 0.393 e. The van der Waals surface area contributed by atoms with Crippen LogP contribution in [0.2, 0.25) is 5.15 Å². The summed E-state index contributed by atoms with van der Waals surface area (Å²) < 4.78 is 13.9. The molecule has 18 heavy (non-hydrogen) atoms. The Hall–Kier alpha value is -1.40. The van der Waals surface area contributed by atoms with Gasteiger partial charge in [-0.25, -0.2) is 14.4 Å². The Kier molecular flexibility index (Phi) is 3.98. The average molecular weight is 332 g/mol. The highest BCUT2D eigenvalue weighted by molar-refractivity contribution is 9.10. The van der Waals surface area contributed by atoms with Crippen molar-refractivity contribution in [3.05, 3.63) is 45.5 Å². The van der Waals surface area contributed by atoms with Gasteiger partial charge in [-0.2, -0.15) is 0 Å². The predicted octanol–water partition coefficient (Wildman–Crippen LogP) is 3.23. The second-order valence-corrected chi connectivity index (χ2v) is 4.73. The maximum absolute atomic E-state index is 13.1. The third kappa shape index (κ3) is 2.88. The zero-order valence-corrected chi connectivity index (χ0v) is 11.5. The minimum Gasteiger partial charge on any atom is -0.393 e. The molecule has 0 atom stereocenters. The highest BCUT2D eigenvalue weighted by atomic mass is 79.9. The molecule has 0 unspecified atom stereocenters. The monoisotopic (exact) mass is 330 g/mol. The molecule has 2 rings (SSSR count). The fourth-order valence-corrected chi connectivity index (χ4v) is 1.89. The molecule has 0 aliphatic rings. The van der Waals surface area contributed by atoms with Crippen molar-refractivity contribution in [2.75, 3.05) is 11.1 Å². The number of hydrogen-bond donors (Lipinski definition) is 2. The molecule has 3 N–H and O–H groups in total. The maximum Gasteiger partial charge on any atom is 0.157 e.